The Morgan fingerprint density at radius 3 is 2.56 bits per heavy atom. The van der Waals surface area contributed by atoms with Crippen molar-refractivity contribution in [3.05, 3.63) is 52.3 Å². The van der Waals surface area contributed by atoms with Crippen LogP contribution in [0.5, 0.6) is 5.75 Å². The maximum Gasteiger partial charge on any atom is 0.417 e. The number of nitrogens with zero attached hydrogens (tertiary/aromatic N) is 2. The number of ether oxygens (including phenoxy) is 1. The first kappa shape index (κ1) is 26.2. The van der Waals surface area contributed by atoms with Crippen LogP contribution in [0, 0.1) is 0 Å². The topological polar surface area (TPSA) is 135 Å². The van der Waals surface area contributed by atoms with Crippen LogP contribution in [0.25, 0.3) is 11.1 Å². The summed E-state index contributed by atoms with van der Waals surface area (Å²) in [5.41, 5.74) is 4.31. The minimum Gasteiger partial charge on any atom is -0.495 e. The predicted octanol–water partition coefficient (Wildman–Crippen LogP) is 3.36. The molecule has 0 bridgehead atoms. The van der Waals surface area contributed by atoms with E-state index in [1.54, 1.807) is 0 Å². The Morgan fingerprint density at radius 1 is 1.22 bits per heavy atom. The van der Waals surface area contributed by atoms with Crippen molar-refractivity contribution < 1.29 is 26.3 Å². The minimum absolute atomic E-state index is 0.00407. The molecule has 0 radical (unpaired) electrons. The van der Waals surface area contributed by atoms with Crippen LogP contribution in [0.1, 0.15) is 29.8 Å². The van der Waals surface area contributed by atoms with Crippen LogP contribution in [-0.4, -0.2) is 49.8 Å². The molecule has 14 heteroatoms. The van der Waals surface area contributed by atoms with Crippen LogP contribution < -0.4 is 20.5 Å². The number of H-pyrrole nitrogens is 1. The summed E-state index contributed by atoms with van der Waals surface area (Å²) in [6.45, 7) is 1.31. The SMILES string of the molecule is COc1ccc(-c2c(Cl)cc(Cc3nc(N)n[nH]3)cc2C(F)(F)F)cc1S(=O)(=O)NC1CCNCC1. The Labute approximate surface area is 210 Å². The number of rotatable bonds is 7. The zero-order valence-corrected chi connectivity index (χ0v) is 20.7. The van der Waals surface area contributed by atoms with Crippen LogP contribution in [0.3, 0.4) is 0 Å². The molecule has 2 heterocycles. The second-order valence-electron chi connectivity index (χ2n) is 8.33. The zero-order chi connectivity index (χ0) is 26.1. The Bertz CT molecular complexity index is 1360. The molecule has 5 N–H and O–H groups in total. The lowest BCUT2D eigenvalue weighted by atomic mass is 9.95. The highest BCUT2D eigenvalue weighted by Crippen LogP contribution is 2.43. The van der Waals surface area contributed by atoms with Gasteiger partial charge in [0.05, 0.1) is 12.7 Å². The average Bonchev–Trinajstić information content (AvgIpc) is 3.22. The molecule has 0 saturated carbocycles. The molecule has 1 aromatic heterocycles. The number of nitrogens with one attached hydrogen (secondary N) is 3. The van der Waals surface area contributed by atoms with E-state index in [2.05, 4.69) is 25.2 Å². The van der Waals surface area contributed by atoms with Crippen LogP contribution in [0.15, 0.2) is 35.2 Å². The second-order valence-corrected chi connectivity index (χ2v) is 10.4. The second kappa shape index (κ2) is 10.2. The number of nitrogen functional groups attached to an aromatic ring is 1. The number of halogens is 4. The molecule has 2 aromatic carbocycles. The van der Waals surface area contributed by atoms with E-state index in [1.165, 1.54) is 25.3 Å². The summed E-state index contributed by atoms with van der Waals surface area (Å²) in [7, 11) is -2.81. The van der Waals surface area contributed by atoms with Crippen molar-refractivity contribution in [3.63, 3.8) is 0 Å². The van der Waals surface area contributed by atoms with E-state index in [0.717, 1.165) is 12.1 Å². The van der Waals surface area contributed by atoms with E-state index in [0.29, 0.717) is 25.9 Å². The number of anilines is 1. The van der Waals surface area contributed by atoms with E-state index in [9.17, 15) is 21.6 Å². The molecule has 0 amide bonds. The van der Waals surface area contributed by atoms with Gasteiger partial charge in [-0.2, -0.15) is 18.2 Å². The van der Waals surface area contributed by atoms with Gasteiger partial charge in [0, 0.05) is 23.0 Å². The van der Waals surface area contributed by atoms with Crippen molar-refractivity contribution in [2.45, 2.75) is 36.4 Å². The fraction of sp³-hybridized carbons (Fsp3) is 0.364. The fourth-order valence-corrected chi connectivity index (χ4v) is 5.98. The van der Waals surface area contributed by atoms with Crippen molar-refractivity contribution in [1.82, 2.24) is 25.2 Å². The van der Waals surface area contributed by atoms with E-state index < -0.39 is 21.8 Å². The number of aromatic amines is 1. The number of alkyl halides is 3. The molecular weight excluding hydrogens is 521 g/mol. The molecule has 0 atom stereocenters. The van der Waals surface area contributed by atoms with Gasteiger partial charge in [-0.1, -0.05) is 17.7 Å². The van der Waals surface area contributed by atoms with Crippen LogP contribution in [0.2, 0.25) is 5.02 Å². The van der Waals surface area contributed by atoms with Gasteiger partial charge in [-0.05, 0) is 61.3 Å². The van der Waals surface area contributed by atoms with Gasteiger partial charge >= 0.3 is 6.18 Å². The maximum absolute atomic E-state index is 14.2. The number of nitrogens with two attached hydrogens (primary N) is 1. The van der Waals surface area contributed by atoms with E-state index in [1.807, 2.05) is 0 Å². The van der Waals surface area contributed by atoms with E-state index >= 15 is 0 Å². The average molecular weight is 545 g/mol. The zero-order valence-electron chi connectivity index (χ0n) is 19.1. The highest BCUT2D eigenvalue weighted by Gasteiger charge is 2.36. The normalized spacial score (nSPS) is 15.2. The predicted molar refractivity (Wildman–Crippen MR) is 128 cm³/mol. The monoisotopic (exact) mass is 544 g/mol. The minimum atomic E-state index is -4.78. The van der Waals surface area contributed by atoms with Gasteiger partial charge in [-0.15, -0.1) is 5.10 Å². The molecule has 4 rings (SSSR count). The molecule has 36 heavy (non-hydrogen) atoms. The van der Waals surface area contributed by atoms with Gasteiger partial charge in [0.2, 0.25) is 16.0 Å². The van der Waals surface area contributed by atoms with Crippen molar-refractivity contribution in [2.24, 2.45) is 0 Å². The summed E-state index contributed by atoms with van der Waals surface area (Å²) in [6, 6.07) is 5.82. The Morgan fingerprint density at radius 2 is 1.94 bits per heavy atom. The molecular formula is C22H24ClF3N6O3S. The van der Waals surface area contributed by atoms with E-state index in [4.69, 9.17) is 22.1 Å². The molecule has 1 fully saturated rings. The number of hydrogen-bond acceptors (Lipinski definition) is 7. The number of benzene rings is 2. The van der Waals surface area contributed by atoms with Crippen molar-refractivity contribution in [3.8, 4) is 16.9 Å². The first-order chi connectivity index (χ1) is 17.0. The summed E-state index contributed by atoms with van der Waals surface area (Å²) in [5.74, 6) is 0.240. The first-order valence-electron chi connectivity index (χ1n) is 11.0. The van der Waals surface area contributed by atoms with Crippen LogP contribution >= 0.6 is 11.6 Å². The Balaban J connectivity index is 1.78. The van der Waals surface area contributed by atoms with Gasteiger partial charge in [0.25, 0.3) is 0 Å². The smallest absolute Gasteiger partial charge is 0.417 e. The van der Waals surface area contributed by atoms with Gasteiger partial charge in [0.15, 0.2) is 0 Å². The molecule has 9 nitrogen and oxygen atoms in total. The molecule has 1 aliphatic rings. The van der Waals surface area contributed by atoms with Crippen molar-refractivity contribution in [1.29, 1.82) is 0 Å². The van der Waals surface area contributed by atoms with Crippen LogP contribution in [0.4, 0.5) is 19.1 Å². The summed E-state index contributed by atoms with van der Waals surface area (Å²) in [5, 5.41) is 9.16. The van der Waals surface area contributed by atoms with Crippen molar-refractivity contribution in [2.75, 3.05) is 25.9 Å². The molecule has 0 spiro atoms. The molecule has 194 valence electrons. The molecule has 0 unspecified atom stereocenters. The van der Waals surface area contributed by atoms with Gasteiger partial charge in [0.1, 0.15) is 16.5 Å². The van der Waals surface area contributed by atoms with Crippen LogP contribution in [-0.2, 0) is 22.6 Å². The molecule has 1 saturated heterocycles. The highest BCUT2D eigenvalue weighted by atomic mass is 35.5. The maximum atomic E-state index is 14.2. The fourth-order valence-electron chi connectivity index (χ4n) is 4.13. The summed E-state index contributed by atoms with van der Waals surface area (Å²) in [4.78, 5) is 3.64. The third-order valence-electron chi connectivity index (χ3n) is 5.78. The lowest BCUT2D eigenvalue weighted by Crippen LogP contribution is -2.42. The standard InChI is InChI=1S/C22H24ClF3N6O3S/c1-35-17-3-2-13(11-18(17)36(33,34)32-14-4-6-28-7-5-14)20-15(22(24,25)26)8-12(9-16(20)23)10-19-29-21(27)31-30-19/h2-3,8-9,11,14,28,32H,4-7,10H2,1H3,(H3,27,29,30,31). The van der Waals surface area contributed by atoms with E-state index in [-0.39, 0.29) is 56.6 Å². The quantitative estimate of drug-likeness (QED) is 0.358. The molecule has 0 aliphatic carbocycles. The molecule has 3 aromatic rings. The third-order valence-corrected chi connectivity index (χ3v) is 7.62. The van der Waals surface area contributed by atoms with Gasteiger partial charge in [-0.3, -0.25) is 5.10 Å². The lowest BCUT2D eigenvalue weighted by Gasteiger charge is -2.24. The summed E-state index contributed by atoms with van der Waals surface area (Å²) >= 11 is 6.37. The van der Waals surface area contributed by atoms with Gasteiger partial charge in [-0.25, -0.2) is 13.1 Å². The number of sulfonamides is 1. The Kier molecular flexibility index (Phi) is 7.46. The number of aromatic nitrogens is 3. The van der Waals surface area contributed by atoms with Gasteiger partial charge < -0.3 is 15.8 Å². The number of piperidine rings is 1. The summed E-state index contributed by atoms with van der Waals surface area (Å²) < 4.78 is 76.7. The van der Waals surface area contributed by atoms with Crippen molar-refractivity contribution >= 4 is 27.6 Å². The first-order valence-corrected chi connectivity index (χ1v) is 12.8. The molecule has 1 aliphatic heterocycles. The number of methoxy groups -OCH3 is 1. The third kappa shape index (κ3) is 5.75. The number of hydrogen-bond donors (Lipinski definition) is 4. The largest absolute Gasteiger partial charge is 0.495 e. The summed E-state index contributed by atoms with van der Waals surface area (Å²) in [6.07, 6.45) is -3.62. The highest BCUT2D eigenvalue weighted by molar-refractivity contribution is 7.89. The lowest BCUT2D eigenvalue weighted by molar-refractivity contribution is -0.137. The Hall–Kier alpha value is -2.87.